The summed E-state index contributed by atoms with van der Waals surface area (Å²) in [5, 5.41) is 8.28. The topological polar surface area (TPSA) is 64.4 Å². The van der Waals surface area contributed by atoms with Crippen molar-refractivity contribution >= 4 is 22.4 Å². The number of aryl methyl sites for hydroxylation is 1. The van der Waals surface area contributed by atoms with Crippen LogP contribution in [0.5, 0.6) is 5.88 Å². The van der Waals surface area contributed by atoms with Gasteiger partial charge in [-0.3, -0.25) is 4.79 Å². The second-order valence-corrected chi connectivity index (χ2v) is 7.54. The van der Waals surface area contributed by atoms with Gasteiger partial charge in [0.15, 0.2) is 0 Å². The molecule has 0 unspecified atom stereocenters. The number of aromatic nitrogens is 1. The van der Waals surface area contributed by atoms with Crippen LogP contribution in [0.1, 0.15) is 27.9 Å². The summed E-state index contributed by atoms with van der Waals surface area (Å²) in [7, 11) is 0. The Bertz CT molecular complexity index is 1300. The minimum absolute atomic E-state index is 0.251. The first-order valence-electron chi connectivity index (χ1n) is 10.6. The van der Waals surface area contributed by atoms with Gasteiger partial charge in [0, 0.05) is 17.3 Å². The van der Waals surface area contributed by atoms with Gasteiger partial charge < -0.3 is 14.6 Å². The van der Waals surface area contributed by atoms with E-state index >= 15 is 0 Å². The van der Waals surface area contributed by atoms with Gasteiger partial charge in [0.1, 0.15) is 12.9 Å². The van der Waals surface area contributed by atoms with E-state index in [-0.39, 0.29) is 12.5 Å². The molecule has 174 valence electrons. The Morgan fingerprint density at radius 3 is 2.59 bits per heavy atom. The van der Waals surface area contributed by atoms with Crippen LogP contribution in [0.2, 0.25) is 0 Å². The highest BCUT2D eigenvalue weighted by atomic mass is 19.4. The fourth-order valence-electron chi connectivity index (χ4n) is 3.46. The van der Waals surface area contributed by atoms with E-state index < -0.39 is 11.7 Å². The molecule has 0 saturated heterocycles. The number of carbonyl (C=O) groups is 1. The van der Waals surface area contributed by atoms with Crippen molar-refractivity contribution in [3.8, 4) is 5.88 Å². The van der Waals surface area contributed by atoms with Gasteiger partial charge in [-0.15, -0.1) is 0 Å². The number of fused-ring (bicyclic) bond motifs is 1. The summed E-state index contributed by atoms with van der Waals surface area (Å²) in [6.45, 7) is 0.251. The van der Waals surface area contributed by atoms with Gasteiger partial charge in [0.2, 0.25) is 0 Å². The molecule has 0 atom stereocenters. The number of carbonyl (C=O) groups excluding carboxylic acids is 1. The number of amides is 1. The highest BCUT2D eigenvalue weighted by Crippen LogP contribution is 2.32. The van der Waals surface area contributed by atoms with Crippen LogP contribution in [0.25, 0.3) is 10.8 Å². The molecule has 0 aliphatic carbocycles. The normalized spacial score (nSPS) is 11.7. The first-order valence-corrected chi connectivity index (χ1v) is 10.6. The summed E-state index contributed by atoms with van der Waals surface area (Å²) < 4.78 is 49.8. The molecule has 0 aliphatic rings. The molecule has 0 spiro atoms. The predicted octanol–water partition coefficient (Wildman–Crippen LogP) is 6.67. The predicted molar refractivity (Wildman–Crippen MR) is 123 cm³/mol. The van der Waals surface area contributed by atoms with Crippen molar-refractivity contribution in [2.75, 3.05) is 11.9 Å². The lowest BCUT2D eigenvalue weighted by Crippen LogP contribution is -2.14. The Kier molecular flexibility index (Phi) is 6.96. The molecule has 5 nitrogen and oxygen atoms in total. The molecule has 0 fully saturated rings. The fourth-order valence-corrected chi connectivity index (χ4v) is 3.46. The summed E-state index contributed by atoms with van der Waals surface area (Å²) in [6, 6.07) is 17.8. The fraction of sp³-hybridized carbons (Fsp3) is 0.154. The number of anilines is 1. The molecule has 34 heavy (non-hydrogen) atoms. The van der Waals surface area contributed by atoms with Crippen LogP contribution in [0.15, 0.2) is 89.7 Å². The largest absolute Gasteiger partial charge is 0.471 e. The average molecular weight is 466 g/mol. The third kappa shape index (κ3) is 5.83. The van der Waals surface area contributed by atoms with Gasteiger partial charge >= 0.3 is 6.18 Å². The number of hydrogen-bond donors (Lipinski definition) is 1. The summed E-state index contributed by atoms with van der Waals surface area (Å²) in [5.41, 5.74) is 0.406. The number of rotatable bonds is 8. The standard InChI is InChI=1S/C26H21F3N2O3/c27-26(28,29)22-11-12-23(20(17-22)8-2-1-5-14-33-24-13-15-34-31-24)30-25(32)21-10-9-18-6-3-4-7-19(18)16-21/h1,3-7,9-13,15-17H,2,8,14H2,(H,30,32)/b5-1+. The Labute approximate surface area is 193 Å². The summed E-state index contributed by atoms with van der Waals surface area (Å²) in [5.74, 6) is -0.0375. The van der Waals surface area contributed by atoms with E-state index in [0.29, 0.717) is 35.5 Å². The number of halogens is 3. The van der Waals surface area contributed by atoms with Crippen molar-refractivity contribution in [3.05, 3.63) is 102 Å². The van der Waals surface area contributed by atoms with E-state index in [1.807, 2.05) is 30.3 Å². The summed E-state index contributed by atoms with van der Waals surface area (Å²) >= 11 is 0. The van der Waals surface area contributed by atoms with Crippen molar-refractivity contribution in [2.45, 2.75) is 19.0 Å². The lowest BCUT2D eigenvalue weighted by atomic mass is 10.0. The van der Waals surface area contributed by atoms with E-state index in [0.717, 1.165) is 22.9 Å². The number of ether oxygens (including phenoxy) is 1. The first-order chi connectivity index (χ1) is 16.4. The summed E-state index contributed by atoms with van der Waals surface area (Å²) in [6.07, 6.45) is 1.22. The molecule has 0 bridgehead atoms. The first kappa shape index (κ1) is 23.1. The Hall–Kier alpha value is -4.07. The monoisotopic (exact) mass is 466 g/mol. The molecule has 3 aromatic carbocycles. The van der Waals surface area contributed by atoms with Crippen molar-refractivity contribution in [3.63, 3.8) is 0 Å². The molecule has 8 heteroatoms. The lowest BCUT2D eigenvalue weighted by Gasteiger charge is -2.14. The second-order valence-electron chi connectivity index (χ2n) is 7.54. The smallest absolute Gasteiger partial charge is 0.416 e. The Balaban J connectivity index is 1.47. The molecule has 0 radical (unpaired) electrons. The summed E-state index contributed by atoms with van der Waals surface area (Å²) in [4.78, 5) is 12.8. The van der Waals surface area contributed by atoms with Gasteiger partial charge in [-0.05, 0) is 64.7 Å². The molecule has 0 saturated carbocycles. The molecule has 4 rings (SSSR count). The van der Waals surface area contributed by atoms with Crippen molar-refractivity contribution in [1.82, 2.24) is 5.16 Å². The van der Waals surface area contributed by atoms with Gasteiger partial charge in [-0.25, -0.2) is 0 Å². The van der Waals surface area contributed by atoms with E-state index in [9.17, 15) is 18.0 Å². The third-order valence-electron chi connectivity index (χ3n) is 5.18. The van der Waals surface area contributed by atoms with E-state index in [2.05, 4.69) is 15.0 Å². The Morgan fingerprint density at radius 2 is 1.82 bits per heavy atom. The van der Waals surface area contributed by atoms with Crippen LogP contribution in [-0.2, 0) is 12.6 Å². The van der Waals surface area contributed by atoms with E-state index in [4.69, 9.17) is 4.74 Å². The van der Waals surface area contributed by atoms with Crippen LogP contribution in [-0.4, -0.2) is 17.7 Å². The quantitative estimate of drug-likeness (QED) is 0.295. The number of benzene rings is 3. The van der Waals surface area contributed by atoms with Gasteiger partial charge in [-0.1, -0.05) is 42.5 Å². The highest BCUT2D eigenvalue weighted by molar-refractivity contribution is 6.06. The second kappa shape index (κ2) is 10.2. The van der Waals surface area contributed by atoms with Crippen molar-refractivity contribution < 1.29 is 27.2 Å². The number of hydrogen-bond acceptors (Lipinski definition) is 4. The third-order valence-corrected chi connectivity index (χ3v) is 5.18. The molecular formula is C26H21F3N2O3. The van der Waals surface area contributed by atoms with Gasteiger partial charge in [0.05, 0.1) is 5.56 Å². The van der Waals surface area contributed by atoms with Crippen LogP contribution in [0, 0.1) is 0 Å². The minimum atomic E-state index is -4.48. The van der Waals surface area contributed by atoms with E-state index in [1.165, 1.54) is 12.3 Å². The van der Waals surface area contributed by atoms with Crippen molar-refractivity contribution in [2.24, 2.45) is 0 Å². The maximum atomic E-state index is 13.3. The van der Waals surface area contributed by atoms with Crippen LogP contribution >= 0.6 is 0 Å². The van der Waals surface area contributed by atoms with Crippen LogP contribution < -0.4 is 10.1 Å². The number of alkyl halides is 3. The molecule has 1 amide bonds. The van der Waals surface area contributed by atoms with Gasteiger partial charge in [0.25, 0.3) is 11.8 Å². The average Bonchev–Trinajstić information content (AvgIpc) is 3.34. The molecule has 1 N–H and O–H groups in total. The Morgan fingerprint density at radius 1 is 1.00 bits per heavy atom. The minimum Gasteiger partial charge on any atom is -0.471 e. The van der Waals surface area contributed by atoms with Gasteiger partial charge in [-0.2, -0.15) is 13.2 Å². The van der Waals surface area contributed by atoms with Crippen molar-refractivity contribution in [1.29, 1.82) is 0 Å². The molecule has 4 aromatic rings. The molecule has 1 heterocycles. The number of allylic oxidation sites excluding steroid dienone is 1. The number of nitrogens with one attached hydrogen (secondary N) is 1. The van der Waals surface area contributed by atoms with Crippen LogP contribution in [0.3, 0.4) is 0 Å². The zero-order valence-corrected chi connectivity index (χ0v) is 18.0. The molecule has 0 aliphatic heterocycles. The number of nitrogens with zero attached hydrogens (tertiary/aromatic N) is 1. The van der Waals surface area contributed by atoms with E-state index in [1.54, 1.807) is 30.4 Å². The lowest BCUT2D eigenvalue weighted by molar-refractivity contribution is -0.137. The zero-order valence-electron chi connectivity index (χ0n) is 18.0. The molecule has 1 aromatic heterocycles. The zero-order chi connectivity index (χ0) is 24.0. The molecular weight excluding hydrogens is 445 g/mol. The highest BCUT2D eigenvalue weighted by Gasteiger charge is 2.31. The maximum Gasteiger partial charge on any atom is 0.416 e. The van der Waals surface area contributed by atoms with Crippen LogP contribution in [0.4, 0.5) is 18.9 Å². The maximum absolute atomic E-state index is 13.3. The SMILES string of the molecule is O=C(Nc1ccc(C(F)(F)F)cc1CC/C=C/COc1ccon1)c1ccc2ccccc2c1.